The van der Waals surface area contributed by atoms with Crippen molar-refractivity contribution in [3.8, 4) is 11.5 Å². The van der Waals surface area contributed by atoms with Crippen molar-refractivity contribution in [1.82, 2.24) is 0 Å². The van der Waals surface area contributed by atoms with E-state index >= 15 is 0 Å². The number of benzene rings is 5. The second-order valence-electron chi connectivity index (χ2n) is 11.0. The van der Waals surface area contributed by atoms with E-state index in [-0.39, 0.29) is 29.4 Å². The molecule has 0 bridgehead atoms. The standard InChI is InChI=1S/C22H18BrNO2.C15H12BrNO2/c23-17-10-11-21(26-14-15-6-2-1-3-7-15)18(13-17)19-12-16-8-4-5-9-20(16)24-22(19)25;16-10-5-6-14(18)11(8-10)12-7-9-3-1-2-4-13(9)17-15(12)19/h1-11,13,19H,12,14H2,(H,24,25);1-6,8,12,18H,7H2,(H,17,19). The third-order valence-corrected chi connectivity index (χ3v) is 8.97. The molecule has 226 valence electrons. The van der Waals surface area contributed by atoms with E-state index in [9.17, 15) is 14.7 Å². The van der Waals surface area contributed by atoms with E-state index in [1.165, 1.54) is 0 Å². The van der Waals surface area contributed by atoms with Gasteiger partial charge in [-0.15, -0.1) is 0 Å². The van der Waals surface area contributed by atoms with Crippen LogP contribution < -0.4 is 15.4 Å². The van der Waals surface area contributed by atoms with E-state index in [2.05, 4.69) is 48.6 Å². The molecule has 45 heavy (non-hydrogen) atoms. The van der Waals surface area contributed by atoms with Gasteiger partial charge < -0.3 is 20.5 Å². The lowest BCUT2D eigenvalue weighted by molar-refractivity contribution is -0.118. The summed E-state index contributed by atoms with van der Waals surface area (Å²) in [7, 11) is 0. The highest BCUT2D eigenvalue weighted by molar-refractivity contribution is 9.10. The van der Waals surface area contributed by atoms with Gasteiger partial charge in [0.2, 0.25) is 11.8 Å². The minimum Gasteiger partial charge on any atom is -0.508 e. The van der Waals surface area contributed by atoms with Crippen LogP contribution in [0.5, 0.6) is 11.5 Å². The molecule has 2 aliphatic rings. The Hall–Kier alpha value is -4.40. The van der Waals surface area contributed by atoms with Gasteiger partial charge in [-0.05, 0) is 78.1 Å². The summed E-state index contributed by atoms with van der Waals surface area (Å²) < 4.78 is 7.86. The highest BCUT2D eigenvalue weighted by Crippen LogP contribution is 2.38. The zero-order valence-electron chi connectivity index (χ0n) is 24.2. The zero-order chi connectivity index (χ0) is 31.3. The van der Waals surface area contributed by atoms with Crippen LogP contribution in [0.1, 0.15) is 39.7 Å². The number of para-hydroxylation sites is 2. The van der Waals surface area contributed by atoms with Crippen molar-refractivity contribution < 1.29 is 19.4 Å². The number of rotatable bonds is 5. The third kappa shape index (κ3) is 7.13. The van der Waals surface area contributed by atoms with Crippen molar-refractivity contribution >= 4 is 55.0 Å². The molecule has 5 aromatic rings. The lowest BCUT2D eigenvalue weighted by atomic mass is 9.87. The maximum Gasteiger partial charge on any atom is 0.232 e. The van der Waals surface area contributed by atoms with E-state index in [4.69, 9.17) is 4.74 Å². The summed E-state index contributed by atoms with van der Waals surface area (Å²) in [4.78, 5) is 24.9. The van der Waals surface area contributed by atoms with Gasteiger partial charge in [-0.1, -0.05) is 98.6 Å². The first kappa shape index (κ1) is 30.6. The number of hydrogen-bond donors (Lipinski definition) is 3. The maximum atomic E-state index is 12.7. The van der Waals surface area contributed by atoms with Crippen molar-refractivity contribution in [2.75, 3.05) is 10.6 Å². The molecular formula is C37H30Br2N2O4. The third-order valence-electron chi connectivity index (χ3n) is 7.98. The lowest BCUT2D eigenvalue weighted by Crippen LogP contribution is -2.28. The molecular weight excluding hydrogens is 696 g/mol. The summed E-state index contributed by atoms with van der Waals surface area (Å²) in [6.45, 7) is 0.473. The van der Waals surface area contributed by atoms with Gasteiger partial charge in [0, 0.05) is 31.4 Å². The van der Waals surface area contributed by atoms with Crippen molar-refractivity contribution in [2.45, 2.75) is 31.3 Å². The quantitative estimate of drug-likeness (QED) is 0.169. The molecule has 2 aliphatic heterocycles. The van der Waals surface area contributed by atoms with E-state index in [1.807, 2.05) is 91.0 Å². The lowest BCUT2D eigenvalue weighted by Gasteiger charge is -2.26. The smallest absolute Gasteiger partial charge is 0.232 e. The van der Waals surface area contributed by atoms with Crippen LogP contribution in [-0.2, 0) is 29.0 Å². The Morgan fingerprint density at radius 1 is 0.644 bits per heavy atom. The second-order valence-corrected chi connectivity index (χ2v) is 12.8. The van der Waals surface area contributed by atoms with Gasteiger partial charge in [-0.25, -0.2) is 0 Å². The Morgan fingerprint density at radius 2 is 1.16 bits per heavy atom. The minimum absolute atomic E-state index is 0.00589. The number of phenols is 1. The van der Waals surface area contributed by atoms with Crippen LogP contribution in [0.25, 0.3) is 0 Å². The first-order valence-electron chi connectivity index (χ1n) is 14.6. The summed E-state index contributed by atoms with van der Waals surface area (Å²) in [5.41, 5.74) is 6.65. The number of carbonyl (C=O) groups excluding carboxylic acids is 2. The summed E-state index contributed by atoms with van der Waals surface area (Å²) in [5.74, 6) is 0.207. The van der Waals surface area contributed by atoms with Crippen molar-refractivity contribution in [2.24, 2.45) is 0 Å². The fourth-order valence-electron chi connectivity index (χ4n) is 5.67. The number of halogens is 2. The van der Waals surface area contributed by atoms with Gasteiger partial charge >= 0.3 is 0 Å². The Morgan fingerprint density at radius 3 is 1.78 bits per heavy atom. The largest absolute Gasteiger partial charge is 0.508 e. The number of nitrogens with one attached hydrogen (secondary N) is 2. The molecule has 0 aromatic heterocycles. The number of hydrogen-bond acceptors (Lipinski definition) is 4. The maximum absolute atomic E-state index is 12.7. The summed E-state index contributed by atoms with van der Waals surface area (Å²) >= 11 is 6.90. The van der Waals surface area contributed by atoms with Crippen LogP contribution >= 0.6 is 31.9 Å². The molecule has 8 heteroatoms. The molecule has 7 rings (SSSR count). The normalized spacial score (nSPS) is 16.7. The molecule has 0 radical (unpaired) electrons. The van der Waals surface area contributed by atoms with Crippen molar-refractivity contribution in [3.63, 3.8) is 0 Å². The van der Waals surface area contributed by atoms with Gasteiger partial charge in [-0.2, -0.15) is 0 Å². The number of anilines is 2. The average molecular weight is 726 g/mol. The molecule has 2 atom stereocenters. The van der Waals surface area contributed by atoms with Gasteiger partial charge in [0.15, 0.2) is 0 Å². The zero-order valence-corrected chi connectivity index (χ0v) is 27.3. The van der Waals surface area contributed by atoms with Crippen LogP contribution in [-0.4, -0.2) is 16.9 Å². The highest BCUT2D eigenvalue weighted by atomic mass is 79.9. The number of ether oxygens (including phenoxy) is 1. The monoisotopic (exact) mass is 724 g/mol. The molecule has 6 nitrogen and oxygen atoms in total. The fraction of sp³-hybridized carbons (Fsp3) is 0.135. The summed E-state index contributed by atoms with van der Waals surface area (Å²) in [6, 6.07) is 36.7. The number of amides is 2. The SMILES string of the molecule is O=C1Nc2ccccc2CC1c1cc(Br)ccc1O.O=C1Nc2ccccc2CC1c1cc(Br)ccc1OCc1ccccc1. The topological polar surface area (TPSA) is 87.7 Å². The van der Waals surface area contributed by atoms with Crippen LogP contribution in [0.4, 0.5) is 11.4 Å². The molecule has 0 fully saturated rings. The Balaban J connectivity index is 0.000000167. The summed E-state index contributed by atoms with van der Waals surface area (Å²) in [6.07, 6.45) is 1.27. The Bertz CT molecular complexity index is 1860. The fourth-order valence-corrected chi connectivity index (χ4v) is 6.43. The number of aromatic hydroxyl groups is 1. The highest BCUT2D eigenvalue weighted by Gasteiger charge is 2.31. The molecule has 2 unspecified atom stereocenters. The van der Waals surface area contributed by atoms with Gasteiger partial charge in [-0.3, -0.25) is 9.59 Å². The van der Waals surface area contributed by atoms with Gasteiger partial charge in [0.25, 0.3) is 0 Å². The molecule has 3 N–H and O–H groups in total. The minimum atomic E-state index is -0.354. The van der Waals surface area contributed by atoms with Crippen LogP contribution in [0, 0.1) is 0 Å². The molecule has 5 aromatic carbocycles. The van der Waals surface area contributed by atoms with Gasteiger partial charge in [0.05, 0.1) is 11.8 Å². The Kier molecular flexibility index (Phi) is 9.33. The molecule has 2 amide bonds. The van der Waals surface area contributed by atoms with E-state index in [0.717, 1.165) is 48.3 Å². The molecule has 2 heterocycles. The van der Waals surface area contributed by atoms with E-state index < -0.39 is 0 Å². The van der Waals surface area contributed by atoms with Gasteiger partial charge in [0.1, 0.15) is 18.1 Å². The molecule has 0 spiro atoms. The molecule has 0 saturated carbocycles. The van der Waals surface area contributed by atoms with E-state index in [0.29, 0.717) is 25.0 Å². The number of carbonyl (C=O) groups is 2. The predicted octanol–water partition coefficient (Wildman–Crippen LogP) is 8.74. The van der Waals surface area contributed by atoms with Crippen LogP contribution in [0.2, 0.25) is 0 Å². The predicted molar refractivity (Wildman–Crippen MR) is 184 cm³/mol. The first-order chi connectivity index (χ1) is 21.9. The molecule has 0 saturated heterocycles. The molecule has 0 aliphatic carbocycles. The Labute approximate surface area is 278 Å². The first-order valence-corrected chi connectivity index (χ1v) is 16.2. The average Bonchev–Trinajstić information content (AvgIpc) is 3.05. The second kappa shape index (κ2) is 13.7. The number of fused-ring (bicyclic) bond motifs is 2. The van der Waals surface area contributed by atoms with Crippen LogP contribution in [0.3, 0.4) is 0 Å². The van der Waals surface area contributed by atoms with Crippen molar-refractivity contribution in [3.05, 3.63) is 152 Å². The summed E-state index contributed by atoms with van der Waals surface area (Å²) in [5, 5.41) is 15.9. The van der Waals surface area contributed by atoms with Crippen LogP contribution in [0.15, 0.2) is 124 Å². The number of phenolic OH excluding ortho intramolecular Hbond substituents is 1. The van der Waals surface area contributed by atoms with Crippen molar-refractivity contribution in [1.29, 1.82) is 0 Å². The van der Waals surface area contributed by atoms with E-state index in [1.54, 1.807) is 18.2 Å².